The van der Waals surface area contributed by atoms with Crippen LogP contribution in [0.2, 0.25) is 0 Å². The average Bonchev–Trinajstić information content (AvgIpc) is 3.52. The number of thiophene rings is 1. The number of hydrogen-bond acceptors (Lipinski definition) is 5. The lowest BCUT2D eigenvalue weighted by atomic mass is 9.99. The fourth-order valence-corrected chi connectivity index (χ4v) is 4.91. The summed E-state index contributed by atoms with van der Waals surface area (Å²) in [5.74, 6) is -0.261. The molecule has 2 aromatic heterocycles. The van der Waals surface area contributed by atoms with Crippen molar-refractivity contribution in [2.45, 2.75) is 31.7 Å². The van der Waals surface area contributed by atoms with Gasteiger partial charge in [0.05, 0.1) is 23.0 Å². The van der Waals surface area contributed by atoms with E-state index in [9.17, 15) is 9.59 Å². The predicted molar refractivity (Wildman–Crippen MR) is 135 cm³/mol. The number of amides is 2. The second kappa shape index (κ2) is 11.5. The molecule has 4 rings (SSSR count). The van der Waals surface area contributed by atoms with Gasteiger partial charge in [-0.2, -0.15) is 0 Å². The molecule has 2 N–H and O–H groups in total. The van der Waals surface area contributed by atoms with E-state index < -0.39 is 0 Å². The number of rotatable bonds is 10. The van der Waals surface area contributed by atoms with Crippen LogP contribution in [0.15, 0.2) is 83.6 Å². The van der Waals surface area contributed by atoms with E-state index in [0.717, 1.165) is 24.8 Å². The van der Waals surface area contributed by atoms with E-state index in [1.54, 1.807) is 6.07 Å². The van der Waals surface area contributed by atoms with E-state index in [2.05, 4.69) is 52.0 Å². The van der Waals surface area contributed by atoms with Crippen LogP contribution in [0.1, 0.15) is 45.4 Å². The molecule has 5 nitrogen and oxygen atoms in total. The van der Waals surface area contributed by atoms with E-state index in [1.165, 1.54) is 28.2 Å². The van der Waals surface area contributed by atoms with Gasteiger partial charge in [-0.25, -0.2) is 4.98 Å². The SMILES string of the molecule is O=C(Cc1csc(NC(=O)c2cccs2)n1)NC(CCCc1ccccc1)c1ccccc1. The van der Waals surface area contributed by atoms with E-state index in [4.69, 9.17) is 0 Å². The summed E-state index contributed by atoms with van der Waals surface area (Å²) in [6.07, 6.45) is 2.97. The van der Waals surface area contributed by atoms with Gasteiger partial charge in [0.1, 0.15) is 0 Å². The van der Waals surface area contributed by atoms with Crippen LogP contribution in [0.3, 0.4) is 0 Å². The van der Waals surface area contributed by atoms with Crippen LogP contribution in [-0.2, 0) is 17.6 Å². The van der Waals surface area contributed by atoms with Crippen molar-refractivity contribution in [2.24, 2.45) is 0 Å². The van der Waals surface area contributed by atoms with E-state index in [0.29, 0.717) is 15.7 Å². The normalized spacial score (nSPS) is 11.6. The third-order valence-electron chi connectivity index (χ3n) is 5.20. The molecule has 0 fully saturated rings. The molecule has 7 heteroatoms. The van der Waals surface area contributed by atoms with Gasteiger partial charge in [-0.1, -0.05) is 66.7 Å². The first-order chi connectivity index (χ1) is 16.2. The maximum atomic E-state index is 12.8. The van der Waals surface area contributed by atoms with Crippen molar-refractivity contribution in [3.05, 3.63) is 105 Å². The highest BCUT2D eigenvalue weighted by Gasteiger charge is 2.16. The third-order valence-corrected chi connectivity index (χ3v) is 6.87. The smallest absolute Gasteiger partial charge is 0.267 e. The Bertz CT molecular complexity index is 1160. The Labute approximate surface area is 201 Å². The van der Waals surface area contributed by atoms with Gasteiger partial charge in [0.25, 0.3) is 5.91 Å². The summed E-state index contributed by atoms with van der Waals surface area (Å²) in [4.78, 5) is 30.1. The zero-order valence-corrected chi connectivity index (χ0v) is 19.7. The first kappa shape index (κ1) is 22.9. The Morgan fingerprint density at radius 3 is 2.39 bits per heavy atom. The molecular weight excluding hydrogens is 450 g/mol. The maximum absolute atomic E-state index is 12.8. The molecule has 0 saturated heterocycles. The lowest BCUT2D eigenvalue weighted by molar-refractivity contribution is -0.121. The summed E-state index contributed by atoms with van der Waals surface area (Å²) in [5, 5.41) is 10.1. The summed E-state index contributed by atoms with van der Waals surface area (Å²) in [5.41, 5.74) is 3.05. The Morgan fingerprint density at radius 2 is 1.67 bits per heavy atom. The monoisotopic (exact) mass is 475 g/mol. The first-order valence-corrected chi connectivity index (χ1v) is 12.6. The molecule has 2 aromatic carbocycles. The lowest BCUT2D eigenvalue weighted by Gasteiger charge is -2.19. The summed E-state index contributed by atoms with van der Waals surface area (Å²) in [7, 11) is 0. The third kappa shape index (κ3) is 6.84. The van der Waals surface area contributed by atoms with Crippen molar-refractivity contribution >= 4 is 39.6 Å². The van der Waals surface area contributed by atoms with E-state index >= 15 is 0 Å². The minimum atomic E-state index is -0.182. The molecule has 2 amide bonds. The molecule has 168 valence electrons. The van der Waals surface area contributed by atoms with Gasteiger partial charge in [0.15, 0.2) is 5.13 Å². The summed E-state index contributed by atoms with van der Waals surface area (Å²) in [6.45, 7) is 0. The van der Waals surface area contributed by atoms with Crippen molar-refractivity contribution in [3.8, 4) is 0 Å². The van der Waals surface area contributed by atoms with Crippen LogP contribution in [0.25, 0.3) is 0 Å². The second-order valence-electron chi connectivity index (χ2n) is 7.66. The Balaban J connectivity index is 1.33. The topological polar surface area (TPSA) is 71.1 Å². The van der Waals surface area contributed by atoms with Gasteiger partial charge < -0.3 is 5.32 Å². The van der Waals surface area contributed by atoms with Crippen molar-refractivity contribution in [3.63, 3.8) is 0 Å². The number of carbonyl (C=O) groups is 2. The standard InChI is InChI=1S/C26H25N3O2S2/c30-24(17-21-18-33-26(27-21)29-25(31)23-15-8-16-32-23)28-22(20-12-5-2-6-13-20)14-7-11-19-9-3-1-4-10-19/h1-6,8-10,12-13,15-16,18,22H,7,11,14,17H2,(H,28,30)(H,27,29,31). The highest BCUT2D eigenvalue weighted by molar-refractivity contribution is 7.14. The number of thiazole rings is 1. The first-order valence-electron chi connectivity index (χ1n) is 10.8. The molecule has 0 aliphatic rings. The highest BCUT2D eigenvalue weighted by atomic mass is 32.1. The molecule has 0 radical (unpaired) electrons. The minimum absolute atomic E-state index is 0.0564. The zero-order valence-electron chi connectivity index (χ0n) is 18.1. The largest absolute Gasteiger partial charge is 0.349 e. The van der Waals surface area contributed by atoms with Crippen LogP contribution in [0, 0.1) is 0 Å². The maximum Gasteiger partial charge on any atom is 0.267 e. The fraction of sp³-hybridized carbons (Fsp3) is 0.192. The molecule has 1 unspecified atom stereocenters. The summed E-state index contributed by atoms with van der Waals surface area (Å²) in [6, 6.07) is 24.0. The van der Waals surface area contributed by atoms with Crippen molar-refractivity contribution < 1.29 is 9.59 Å². The van der Waals surface area contributed by atoms with Gasteiger partial charge in [-0.15, -0.1) is 22.7 Å². The molecule has 33 heavy (non-hydrogen) atoms. The molecule has 0 spiro atoms. The Morgan fingerprint density at radius 1 is 0.909 bits per heavy atom. The number of benzene rings is 2. The van der Waals surface area contributed by atoms with Gasteiger partial charge in [0.2, 0.25) is 5.91 Å². The van der Waals surface area contributed by atoms with Crippen LogP contribution >= 0.6 is 22.7 Å². The predicted octanol–water partition coefficient (Wildman–Crippen LogP) is 5.88. The Kier molecular flexibility index (Phi) is 8.00. The number of anilines is 1. The molecule has 0 bridgehead atoms. The van der Waals surface area contributed by atoms with Gasteiger partial charge in [0, 0.05) is 5.38 Å². The molecule has 4 aromatic rings. The molecule has 1 atom stereocenters. The zero-order chi connectivity index (χ0) is 22.9. The average molecular weight is 476 g/mol. The number of aromatic nitrogens is 1. The van der Waals surface area contributed by atoms with Crippen molar-refractivity contribution in [2.75, 3.05) is 5.32 Å². The number of aryl methyl sites for hydroxylation is 1. The highest BCUT2D eigenvalue weighted by Crippen LogP contribution is 2.21. The molecule has 0 saturated carbocycles. The van der Waals surface area contributed by atoms with Crippen LogP contribution < -0.4 is 10.6 Å². The molecule has 0 aliphatic heterocycles. The number of hydrogen-bond donors (Lipinski definition) is 2. The number of carbonyl (C=O) groups excluding carboxylic acids is 2. The molecule has 2 heterocycles. The summed E-state index contributed by atoms with van der Waals surface area (Å²) >= 11 is 2.70. The molecule has 0 aliphatic carbocycles. The van der Waals surface area contributed by atoms with Crippen molar-refractivity contribution in [1.29, 1.82) is 0 Å². The number of nitrogens with one attached hydrogen (secondary N) is 2. The molecular formula is C26H25N3O2S2. The number of nitrogens with zero attached hydrogens (tertiary/aromatic N) is 1. The van der Waals surface area contributed by atoms with E-state index in [-0.39, 0.29) is 24.3 Å². The van der Waals surface area contributed by atoms with Gasteiger partial charge >= 0.3 is 0 Å². The van der Waals surface area contributed by atoms with Crippen molar-refractivity contribution in [1.82, 2.24) is 10.3 Å². The minimum Gasteiger partial charge on any atom is -0.349 e. The fourth-order valence-electron chi connectivity index (χ4n) is 3.58. The van der Waals surface area contributed by atoms with Crippen LogP contribution in [0.4, 0.5) is 5.13 Å². The second-order valence-corrected chi connectivity index (χ2v) is 9.47. The quantitative estimate of drug-likeness (QED) is 0.301. The van der Waals surface area contributed by atoms with Crippen LogP contribution in [-0.4, -0.2) is 16.8 Å². The Hall–Kier alpha value is -3.29. The van der Waals surface area contributed by atoms with Gasteiger partial charge in [-0.3, -0.25) is 14.9 Å². The lowest BCUT2D eigenvalue weighted by Crippen LogP contribution is -2.30. The van der Waals surface area contributed by atoms with E-state index in [1.807, 2.05) is 41.1 Å². The van der Waals surface area contributed by atoms with Gasteiger partial charge in [-0.05, 0) is 41.8 Å². The summed E-state index contributed by atoms with van der Waals surface area (Å²) < 4.78 is 0. The van der Waals surface area contributed by atoms with Crippen LogP contribution in [0.5, 0.6) is 0 Å².